The van der Waals surface area contributed by atoms with Crippen molar-refractivity contribution in [1.82, 2.24) is 20.3 Å². The lowest BCUT2D eigenvalue weighted by Crippen LogP contribution is -2.19. The molecule has 3 aromatic heterocycles. The molecule has 7 heteroatoms. The van der Waals surface area contributed by atoms with Crippen molar-refractivity contribution < 1.29 is 4.39 Å². The summed E-state index contributed by atoms with van der Waals surface area (Å²) in [5, 5.41) is 5.47. The first-order chi connectivity index (χ1) is 17.1. The van der Waals surface area contributed by atoms with Crippen LogP contribution in [-0.2, 0) is 6.42 Å². The molecular formula is C28H22FN5S. The highest BCUT2D eigenvalue weighted by Gasteiger charge is 2.38. The molecule has 2 N–H and O–H groups in total. The number of aryl methyl sites for hydroxylation is 2. The van der Waals surface area contributed by atoms with Crippen molar-refractivity contribution in [2.45, 2.75) is 26.3 Å². The van der Waals surface area contributed by atoms with Crippen molar-refractivity contribution in [1.29, 1.82) is 0 Å². The van der Waals surface area contributed by atoms with Gasteiger partial charge in [-0.3, -0.25) is 9.98 Å². The number of nitrogens with zero attached hydrogens (tertiary/aromatic N) is 3. The van der Waals surface area contributed by atoms with Crippen molar-refractivity contribution in [3.05, 3.63) is 110 Å². The number of aromatic amines is 1. The van der Waals surface area contributed by atoms with Crippen LogP contribution in [0.25, 0.3) is 16.7 Å². The highest BCUT2D eigenvalue weighted by molar-refractivity contribution is 7.11. The van der Waals surface area contributed by atoms with Crippen molar-refractivity contribution in [2.75, 3.05) is 6.54 Å². The molecule has 0 amide bonds. The van der Waals surface area contributed by atoms with Gasteiger partial charge < -0.3 is 10.3 Å². The van der Waals surface area contributed by atoms with Gasteiger partial charge >= 0.3 is 0 Å². The third kappa shape index (κ3) is 3.22. The van der Waals surface area contributed by atoms with Crippen LogP contribution in [0, 0.1) is 19.7 Å². The number of H-pyrrole nitrogens is 1. The molecule has 35 heavy (non-hydrogen) atoms. The third-order valence-corrected chi connectivity index (χ3v) is 7.79. The number of hydrogen-bond donors (Lipinski definition) is 2. The van der Waals surface area contributed by atoms with E-state index < -0.39 is 0 Å². The molecule has 0 saturated carbocycles. The summed E-state index contributed by atoms with van der Waals surface area (Å²) in [6.45, 7) is 4.57. The molecule has 0 spiro atoms. The first kappa shape index (κ1) is 20.5. The summed E-state index contributed by atoms with van der Waals surface area (Å²) in [7, 11) is 0. The lowest BCUT2D eigenvalue weighted by atomic mass is 9.94. The summed E-state index contributed by atoms with van der Waals surface area (Å²) in [6, 6.07) is 10.3. The Morgan fingerprint density at radius 1 is 1.11 bits per heavy atom. The molecule has 5 heterocycles. The number of allylic oxidation sites excluding steroid dienone is 2. The largest absolute Gasteiger partial charge is 0.373 e. The Balaban J connectivity index is 1.38. The zero-order chi connectivity index (χ0) is 23.7. The van der Waals surface area contributed by atoms with Gasteiger partial charge in [-0.25, -0.2) is 9.37 Å². The van der Waals surface area contributed by atoms with E-state index in [9.17, 15) is 0 Å². The fraction of sp³-hybridized carbons (Fsp3) is 0.179. The first-order valence-corrected chi connectivity index (χ1v) is 12.6. The fourth-order valence-corrected chi connectivity index (χ4v) is 5.76. The highest BCUT2D eigenvalue weighted by atomic mass is 32.1. The van der Waals surface area contributed by atoms with E-state index in [1.54, 1.807) is 17.5 Å². The maximum absolute atomic E-state index is 16.2. The zero-order valence-electron chi connectivity index (χ0n) is 19.3. The minimum absolute atomic E-state index is 0.105. The van der Waals surface area contributed by atoms with Gasteiger partial charge in [0.15, 0.2) is 5.82 Å². The summed E-state index contributed by atoms with van der Waals surface area (Å²) < 4.78 is 16.2. The molecule has 5 nitrogen and oxygen atoms in total. The van der Waals surface area contributed by atoms with Crippen LogP contribution in [0.2, 0.25) is 0 Å². The normalized spacial score (nSPS) is 17.8. The molecule has 0 bridgehead atoms. The SMILES string of the molecule is Cc1ccc(C)c(-c2cnc3c(c2F)C(c2nc4c([nH]2)C2NC2=CC=C4c2cccs2)=NCC3)c1. The zero-order valence-corrected chi connectivity index (χ0v) is 20.1. The molecule has 3 aliphatic rings. The van der Waals surface area contributed by atoms with Crippen LogP contribution in [0.1, 0.15) is 50.5 Å². The number of thiophene rings is 1. The fourth-order valence-electron chi connectivity index (χ4n) is 5.01. The van der Waals surface area contributed by atoms with E-state index in [1.807, 2.05) is 38.1 Å². The van der Waals surface area contributed by atoms with Crippen molar-refractivity contribution in [2.24, 2.45) is 4.99 Å². The highest BCUT2D eigenvalue weighted by Crippen LogP contribution is 2.42. The molecule has 172 valence electrons. The second kappa shape index (κ2) is 7.58. The van der Waals surface area contributed by atoms with Crippen molar-refractivity contribution >= 4 is 22.6 Å². The number of aliphatic imine (C=N–C) groups is 1. The number of pyridine rings is 1. The summed E-state index contributed by atoms with van der Waals surface area (Å²) in [5.41, 5.74) is 9.30. The van der Waals surface area contributed by atoms with E-state index in [1.165, 1.54) is 0 Å². The van der Waals surface area contributed by atoms with Crippen molar-refractivity contribution in [3.63, 3.8) is 0 Å². The Hall–Kier alpha value is -3.84. The van der Waals surface area contributed by atoms with Gasteiger partial charge in [0.2, 0.25) is 0 Å². The van der Waals surface area contributed by atoms with Crippen LogP contribution < -0.4 is 5.32 Å². The maximum atomic E-state index is 16.2. The predicted octanol–water partition coefficient (Wildman–Crippen LogP) is 5.66. The molecule has 4 aromatic rings. The minimum Gasteiger partial charge on any atom is -0.373 e. The van der Waals surface area contributed by atoms with E-state index in [2.05, 4.69) is 38.9 Å². The lowest BCUT2D eigenvalue weighted by Gasteiger charge is -2.18. The Kier molecular flexibility index (Phi) is 4.45. The average Bonchev–Trinajstić information content (AvgIpc) is 3.24. The summed E-state index contributed by atoms with van der Waals surface area (Å²) in [6.07, 6.45) is 6.50. The second-order valence-electron chi connectivity index (χ2n) is 9.21. The van der Waals surface area contributed by atoms with Crippen LogP contribution >= 0.6 is 11.3 Å². The summed E-state index contributed by atoms with van der Waals surface area (Å²) in [4.78, 5) is 19.1. The Morgan fingerprint density at radius 2 is 2.03 bits per heavy atom. The number of fused-ring (bicyclic) bond motifs is 4. The Labute approximate surface area is 206 Å². The molecule has 0 radical (unpaired) electrons. The van der Waals surface area contributed by atoms with Gasteiger partial charge in [-0.1, -0.05) is 29.8 Å². The molecule has 7 rings (SSSR count). The smallest absolute Gasteiger partial charge is 0.157 e. The maximum Gasteiger partial charge on any atom is 0.157 e. The summed E-state index contributed by atoms with van der Waals surface area (Å²) in [5.74, 6) is 0.306. The van der Waals surface area contributed by atoms with E-state index >= 15 is 4.39 Å². The van der Waals surface area contributed by atoms with E-state index in [0.717, 1.165) is 49.9 Å². The first-order valence-electron chi connectivity index (χ1n) is 11.7. The molecule has 1 aromatic carbocycles. The molecule has 1 saturated heterocycles. The number of aromatic nitrogens is 3. The molecule has 1 atom stereocenters. The number of hydrogen-bond acceptors (Lipinski definition) is 5. The molecule has 1 aliphatic carbocycles. The van der Waals surface area contributed by atoms with Crippen LogP contribution in [0.3, 0.4) is 0 Å². The molecule has 2 aliphatic heterocycles. The standard InChI is InChI=1S/C28H22FN5S/c1-14-5-6-15(2)17(12-14)18-13-31-19-9-10-30-26(22(19)23(18)29)28-33-24-16(21-4-3-11-35-21)7-8-20-25(32-20)27(24)34-28/h3-8,11-13,25,32H,9-10H2,1-2H3,(H,33,34). The Bertz CT molecular complexity index is 1610. The lowest BCUT2D eigenvalue weighted by molar-refractivity contribution is 0.620. The number of halogens is 1. The van der Waals surface area contributed by atoms with E-state index in [0.29, 0.717) is 35.6 Å². The Morgan fingerprint density at radius 3 is 2.89 bits per heavy atom. The van der Waals surface area contributed by atoms with Gasteiger partial charge in [-0.2, -0.15) is 0 Å². The van der Waals surface area contributed by atoms with Gasteiger partial charge in [-0.15, -0.1) is 11.3 Å². The van der Waals surface area contributed by atoms with Gasteiger partial charge in [0.1, 0.15) is 17.6 Å². The summed E-state index contributed by atoms with van der Waals surface area (Å²) >= 11 is 1.68. The van der Waals surface area contributed by atoms with Crippen LogP contribution in [0.5, 0.6) is 0 Å². The molecule has 1 fully saturated rings. The van der Waals surface area contributed by atoms with Gasteiger partial charge in [-0.05, 0) is 48.6 Å². The van der Waals surface area contributed by atoms with Gasteiger partial charge in [0, 0.05) is 40.9 Å². The molecule has 1 unspecified atom stereocenters. The topological polar surface area (TPSA) is 75.9 Å². The van der Waals surface area contributed by atoms with E-state index in [4.69, 9.17) is 9.98 Å². The minimum atomic E-state index is -0.284. The predicted molar refractivity (Wildman–Crippen MR) is 137 cm³/mol. The quantitative estimate of drug-likeness (QED) is 0.373. The number of imidazole rings is 1. The number of rotatable bonds is 3. The average molecular weight is 480 g/mol. The van der Waals surface area contributed by atoms with Crippen LogP contribution in [0.15, 0.2) is 64.8 Å². The number of nitrogens with one attached hydrogen (secondary N) is 2. The molecular weight excluding hydrogens is 457 g/mol. The number of benzene rings is 1. The van der Waals surface area contributed by atoms with Gasteiger partial charge in [0.05, 0.1) is 22.6 Å². The monoisotopic (exact) mass is 479 g/mol. The van der Waals surface area contributed by atoms with Crippen LogP contribution in [0.4, 0.5) is 4.39 Å². The van der Waals surface area contributed by atoms with Crippen molar-refractivity contribution in [3.8, 4) is 11.1 Å². The second-order valence-corrected chi connectivity index (χ2v) is 10.2. The van der Waals surface area contributed by atoms with Gasteiger partial charge in [0.25, 0.3) is 0 Å². The third-order valence-electron chi connectivity index (χ3n) is 6.89. The van der Waals surface area contributed by atoms with Crippen LogP contribution in [-0.4, -0.2) is 27.2 Å². The van der Waals surface area contributed by atoms with E-state index in [-0.39, 0.29) is 11.9 Å².